The zero-order valence-corrected chi connectivity index (χ0v) is 12.7. The van der Waals surface area contributed by atoms with E-state index in [0.717, 1.165) is 0 Å². The Kier molecular flexibility index (Phi) is 5.12. The largest absolute Gasteiger partial charge is 0.409 e. The van der Waals surface area contributed by atoms with Crippen LogP contribution in [0.25, 0.3) is 0 Å². The van der Waals surface area contributed by atoms with Crippen LogP contribution >= 0.6 is 0 Å². The van der Waals surface area contributed by atoms with E-state index in [9.17, 15) is 8.42 Å². The van der Waals surface area contributed by atoms with Gasteiger partial charge in [0.25, 0.3) is 10.0 Å². The van der Waals surface area contributed by atoms with E-state index in [4.69, 9.17) is 10.9 Å². The summed E-state index contributed by atoms with van der Waals surface area (Å²) < 4.78 is 27.2. The number of aromatic nitrogens is 2. The maximum atomic E-state index is 12.3. The van der Waals surface area contributed by atoms with Gasteiger partial charge in [-0.15, -0.1) is 0 Å². The van der Waals surface area contributed by atoms with E-state index in [-0.39, 0.29) is 10.9 Å². The molecule has 0 atom stereocenters. The van der Waals surface area contributed by atoms with Crippen molar-refractivity contribution in [2.24, 2.45) is 10.9 Å². The van der Waals surface area contributed by atoms with Gasteiger partial charge < -0.3 is 15.9 Å². The molecule has 1 rings (SSSR count). The summed E-state index contributed by atoms with van der Waals surface area (Å²) in [7, 11) is -3.83. The molecule has 0 aliphatic heterocycles. The van der Waals surface area contributed by atoms with Gasteiger partial charge in [0.15, 0.2) is 10.9 Å². The summed E-state index contributed by atoms with van der Waals surface area (Å²) in [5, 5.41) is 11.8. The third kappa shape index (κ3) is 3.10. The molecule has 5 N–H and O–H groups in total. The molecule has 1 aromatic heterocycles. The van der Waals surface area contributed by atoms with Gasteiger partial charge in [-0.25, -0.2) is 13.4 Å². The van der Waals surface area contributed by atoms with E-state index in [2.05, 4.69) is 19.8 Å². The van der Waals surface area contributed by atoms with Gasteiger partial charge in [0, 0.05) is 6.42 Å². The number of nitrogens with one attached hydrogen (secondary N) is 2. The first-order valence-corrected chi connectivity index (χ1v) is 7.89. The molecule has 0 radical (unpaired) electrons. The molecule has 0 aliphatic carbocycles. The molecule has 0 fully saturated rings. The molecular weight excluding hydrogens is 282 g/mol. The molecule has 114 valence electrons. The summed E-state index contributed by atoms with van der Waals surface area (Å²) in [4.78, 5) is 6.69. The third-order valence-corrected chi connectivity index (χ3v) is 4.81. The van der Waals surface area contributed by atoms with Crippen molar-refractivity contribution in [3.8, 4) is 0 Å². The molecule has 1 aromatic rings. The molecule has 0 saturated heterocycles. The van der Waals surface area contributed by atoms with Gasteiger partial charge in [-0.1, -0.05) is 25.9 Å². The highest BCUT2D eigenvalue weighted by molar-refractivity contribution is 7.89. The van der Waals surface area contributed by atoms with Crippen LogP contribution in [-0.4, -0.2) is 35.0 Å². The Bertz CT molecular complexity index is 575. The Balaban J connectivity index is 3.15. The number of imidazole rings is 1. The number of hydrogen-bond donors (Lipinski definition) is 4. The van der Waals surface area contributed by atoms with Gasteiger partial charge in [0.1, 0.15) is 5.82 Å². The number of rotatable bonds is 7. The normalized spacial score (nSPS) is 13.7. The van der Waals surface area contributed by atoms with Crippen LogP contribution in [0.15, 0.2) is 16.4 Å². The van der Waals surface area contributed by atoms with Crippen LogP contribution < -0.4 is 10.5 Å². The maximum absolute atomic E-state index is 12.3. The first kappa shape index (κ1) is 16.4. The fourth-order valence-corrected chi connectivity index (χ4v) is 3.34. The minimum atomic E-state index is -3.83. The zero-order chi connectivity index (χ0) is 15.4. The number of aryl methyl sites for hydroxylation is 1. The molecule has 0 saturated carbocycles. The summed E-state index contributed by atoms with van der Waals surface area (Å²) in [6.45, 7) is 5.38. The highest BCUT2D eigenvalue weighted by Gasteiger charge is 2.37. The Morgan fingerprint density at radius 3 is 2.50 bits per heavy atom. The lowest BCUT2D eigenvalue weighted by atomic mass is 9.93. The molecular formula is C11H21N5O3S. The van der Waals surface area contributed by atoms with Gasteiger partial charge in [-0.3, -0.25) is 0 Å². The van der Waals surface area contributed by atoms with E-state index in [1.807, 2.05) is 6.92 Å². The highest BCUT2D eigenvalue weighted by atomic mass is 32.2. The van der Waals surface area contributed by atoms with Gasteiger partial charge in [-0.05, 0) is 12.8 Å². The fourth-order valence-electron chi connectivity index (χ4n) is 1.88. The van der Waals surface area contributed by atoms with Crippen LogP contribution in [0, 0.1) is 0 Å². The minimum absolute atomic E-state index is 0.0358. The molecule has 20 heavy (non-hydrogen) atoms. The van der Waals surface area contributed by atoms with Crippen molar-refractivity contribution in [3.05, 3.63) is 12.0 Å². The van der Waals surface area contributed by atoms with Gasteiger partial charge in [0.05, 0.1) is 11.7 Å². The van der Waals surface area contributed by atoms with Crippen LogP contribution in [0.5, 0.6) is 0 Å². The Hall–Kier alpha value is -1.61. The quantitative estimate of drug-likeness (QED) is 0.253. The van der Waals surface area contributed by atoms with Crippen LogP contribution in [-0.2, 0) is 16.4 Å². The maximum Gasteiger partial charge on any atom is 0.258 e. The highest BCUT2D eigenvalue weighted by Crippen LogP contribution is 2.19. The Morgan fingerprint density at radius 1 is 1.50 bits per heavy atom. The summed E-state index contributed by atoms with van der Waals surface area (Å²) in [6, 6.07) is 0. The SMILES string of the molecule is CCc1ncc(S(=O)(=O)NC(CC)(CC)C(N)=NO)[nH]1. The second-order valence-corrected chi connectivity index (χ2v) is 6.08. The average molecular weight is 303 g/mol. The first-order valence-electron chi connectivity index (χ1n) is 6.41. The van der Waals surface area contributed by atoms with E-state index in [1.54, 1.807) is 13.8 Å². The van der Waals surface area contributed by atoms with Crippen molar-refractivity contribution < 1.29 is 13.6 Å². The van der Waals surface area contributed by atoms with E-state index in [0.29, 0.717) is 25.1 Å². The monoisotopic (exact) mass is 303 g/mol. The number of amidine groups is 1. The number of H-pyrrole nitrogens is 1. The lowest BCUT2D eigenvalue weighted by Crippen LogP contribution is -2.56. The van der Waals surface area contributed by atoms with Gasteiger partial charge >= 0.3 is 0 Å². The van der Waals surface area contributed by atoms with Gasteiger partial charge in [-0.2, -0.15) is 4.72 Å². The molecule has 0 unspecified atom stereocenters. The molecule has 0 amide bonds. The second kappa shape index (κ2) is 6.23. The van der Waals surface area contributed by atoms with Crippen molar-refractivity contribution in [3.63, 3.8) is 0 Å². The first-order chi connectivity index (χ1) is 9.35. The second-order valence-electron chi connectivity index (χ2n) is 4.43. The van der Waals surface area contributed by atoms with Crippen LogP contribution in [0.3, 0.4) is 0 Å². The van der Waals surface area contributed by atoms with E-state index < -0.39 is 15.6 Å². The average Bonchev–Trinajstić information content (AvgIpc) is 2.93. The van der Waals surface area contributed by atoms with Crippen molar-refractivity contribution in [1.82, 2.24) is 14.7 Å². The standard InChI is InChI=1S/C11H21N5O3S/c1-4-8-13-7-9(14-8)20(18,19)16-11(5-2,6-3)10(12)15-17/h7,16-17H,4-6H2,1-3H3,(H2,12,15)(H,13,14). The predicted octanol–water partition coefficient (Wildman–Crippen LogP) is 0.556. The Morgan fingerprint density at radius 2 is 2.10 bits per heavy atom. The lowest BCUT2D eigenvalue weighted by molar-refractivity contribution is 0.307. The summed E-state index contributed by atoms with van der Waals surface area (Å²) >= 11 is 0. The number of hydrogen-bond acceptors (Lipinski definition) is 5. The minimum Gasteiger partial charge on any atom is -0.409 e. The smallest absolute Gasteiger partial charge is 0.258 e. The zero-order valence-electron chi connectivity index (χ0n) is 11.8. The van der Waals surface area contributed by atoms with Crippen molar-refractivity contribution in [1.29, 1.82) is 0 Å². The van der Waals surface area contributed by atoms with Crippen molar-refractivity contribution in [2.45, 2.75) is 50.6 Å². The lowest BCUT2D eigenvalue weighted by Gasteiger charge is -2.30. The number of oxime groups is 1. The van der Waals surface area contributed by atoms with Gasteiger partial charge in [0.2, 0.25) is 0 Å². The molecule has 8 nitrogen and oxygen atoms in total. The van der Waals surface area contributed by atoms with Crippen LogP contribution in [0.1, 0.15) is 39.4 Å². The summed E-state index contributed by atoms with van der Waals surface area (Å²) in [6.07, 6.45) is 2.56. The van der Waals surface area contributed by atoms with Crippen LogP contribution in [0.2, 0.25) is 0 Å². The topological polar surface area (TPSA) is 133 Å². The van der Waals surface area contributed by atoms with Crippen molar-refractivity contribution in [2.75, 3.05) is 0 Å². The number of nitrogens with two attached hydrogens (primary N) is 1. The number of sulfonamides is 1. The van der Waals surface area contributed by atoms with Crippen molar-refractivity contribution >= 4 is 15.9 Å². The third-order valence-electron chi connectivity index (χ3n) is 3.36. The summed E-state index contributed by atoms with van der Waals surface area (Å²) in [5.74, 6) is 0.411. The number of aromatic amines is 1. The molecule has 0 aliphatic rings. The fraction of sp³-hybridized carbons (Fsp3) is 0.636. The summed E-state index contributed by atoms with van der Waals surface area (Å²) in [5.41, 5.74) is 4.52. The predicted molar refractivity (Wildman–Crippen MR) is 75.0 cm³/mol. The number of nitrogens with zero attached hydrogens (tertiary/aromatic N) is 2. The molecule has 1 heterocycles. The van der Waals surface area contributed by atoms with E-state index >= 15 is 0 Å². The van der Waals surface area contributed by atoms with E-state index in [1.165, 1.54) is 6.20 Å². The molecule has 0 aromatic carbocycles. The Labute approximate surface area is 118 Å². The molecule has 0 spiro atoms. The molecule has 9 heteroatoms. The molecule has 0 bridgehead atoms. The van der Waals surface area contributed by atoms with Crippen LogP contribution in [0.4, 0.5) is 0 Å².